The van der Waals surface area contributed by atoms with Crippen molar-refractivity contribution in [2.75, 3.05) is 0 Å². The summed E-state index contributed by atoms with van der Waals surface area (Å²) < 4.78 is 18.2. The van der Waals surface area contributed by atoms with Gasteiger partial charge in [0.25, 0.3) is 0 Å². The van der Waals surface area contributed by atoms with Crippen molar-refractivity contribution < 1.29 is 13.6 Å². The van der Waals surface area contributed by atoms with Gasteiger partial charge in [-0.1, -0.05) is 11.2 Å². The molecule has 0 saturated heterocycles. The van der Waals surface area contributed by atoms with Gasteiger partial charge in [-0.15, -0.1) is 11.3 Å². The maximum atomic E-state index is 12.8. The van der Waals surface area contributed by atoms with Gasteiger partial charge in [0.15, 0.2) is 12.4 Å². The summed E-state index contributed by atoms with van der Waals surface area (Å²) in [5, 5.41) is 5.73. The molecule has 0 aliphatic carbocycles. The van der Waals surface area contributed by atoms with E-state index in [4.69, 9.17) is 15.0 Å². The van der Waals surface area contributed by atoms with Gasteiger partial charge in [0.2, 0.25) is 5.89 Å². The van der Waals surface area contributed by atoms with Crippen LogP contribution in [0.4, 0.5) is 4.39 Å². The first-order valence-corrected chi connectivity index (χ1v) is 7.30. The molecule has 2 heterocycles. The fraction of sp³-hybridized carbons (Fsp3) is 0.0667. The molecule has 5 nitrogen and oxygen atoms in total. The number of nitrogens with two attached hydrogens (primary N) is 1. The molecule has 0 aliphatic rings. The predicted octanol–water partition coefficient (Wildman–Crippen LogP) is 3.38. The zero-order chi connectivity index (χ0) is 15.4. The van der Waals surface area contributed by atoms with Crippen molar-refractivity contribution in [3.8, 4) is 10.8 Å². The molecule has 0 spiro atoms. The summed E-state index contributed by atoms with van der Waals surface area (Å²) in [4.78, 5) is 10.4. The lowest BCUT2D eigenvalue weighted by Gasteiger charge is -2.00. The molecule has 0 aliphatic heterocycles. The number of thiophene rings is 1. The number of oxazole rings is 1. The number of hydrogen-bond acceptors (Lipinski definition) is 5. The number of nitrogens with zero attached hydrogens (tertiary/aromatic N) is 2. The molecule has 0 fully saturated rings. The average molecular weight is 317 g/mol. The highest BCUT2D eigenvalue weighted by Gasteiger charge is 2.08. The second kappa shape index (κ2) is 6.40. The zero-order valence-electron chi connectivity index (χ0n) is 11.4. The molecule has 2 aromatic heterocycles. The van der Waals surface area contributed by atoms with Crippen LogP contribution in [0.2, 0.25) is 0 Å². The van der Waals surface area contributed by atoms with Crippen molar-refractivity contribution in [1.82, 2.24) is 4.98 Å². The van der Waals surface area contributed by atoms with Gasteiger partial charge in [0, 0.05) is 5.56 Å². The first-order valence-electron chi connectivity index (χ1n) is 6.42. The molecule has 0 radical (unpaired) electrons. The van der Waals surface area contributed by atoms with E-state index in [0.29, 0.717) is 17.1 Å². The molecular weight excluding hydrogens is 305 g/mol. The van der Waals surface area contributed by atoms with Crippen molar-refractivity contribution in [2.24, 2.45) is 10.9 Å². The Kier molecular flexibility index (Phi) is 4.15. The van der Waals surface area contributed by atoms with Crippen molar-refractivity contribution in [3.05, 3.63) is 65.1 Å². The third kappa shape index (κ3) is 3.32. The van der Waals surface area contributed by atoms with Crippen molar-refractivity contribution in [2.45, 2.75) is 6.61 Å². The molecule has 112 valence electrons. The molecule has 0 atom stereocenters. The van der Waals surface area contributed by atoms with Gasteiger partial charge < -0.3 is 15.0 Å². The molecule has 0 bridgehead atoms. The Labute approximate surface area is 129 Å². The summed E-state index contributed by atoms with van der Waals surface area (Å²) in [6.45, 7) is 0.136. The normalized spacial score (nSPS) is 11.6. The fourth-order valence-electron chi connectivity index (χ4n) is 1.73. The zero-order valence-corrected chi connectivity index (χ0v) is 12.2. The van der Waals surface area contributed by atoms with E-state index in [1.54, 1.807) is 11.3 Å². The third-order valence-corrected chi connectivity index (χ3v) is 3.66. The fourth-order valence-corrected chi connectivity index (χ4v) is 2.38. The summed E-state index contributed by atoms with van der Waals surface area (Å²) in [5.41, 5.74) is 6.95. The van der Waals surface area contributed by atoms with E-state index in [1.165, 1.54) is 30.5 Å². The summed E-state index contributed by atoms with van der Waals surface area (Å²) >= 11 is 1.54. The number of oxime groups is 1. The van der Waals surface area contributed by atoms with Gasteiger partial charge in [0.1, 0.15) is 17.8 Å². The minimum absolute atomic E-state index is 0.136. The smallest absolute Gasteiger partial charge is 0.236 e. The quantitative estimate of drug-likeness (QED) is 0.445. The Hall–Kier alpha value is -2.67. The molecule has 0 unspecified atom stereocenters. The van der Waals surface area contributed by atoms with E-state index >= 15 is 0 Å². The molecule has 1 aromatic carbocycles. The minimum atomic E-state index is -0.332. The van der Waals surface area contributed by atoms with Crippen LogP contribution in [0, 0.1) is 5.82 Å². The van der Waals surface area contributed by atoms with E-state index in [9.17, 15) is 4.39 Å². The first kappa shape index (κ1) is 14.3. The highest BCUT2D eigenvalue weighted by atomic mass is 32.1. The van der Waals surface area contributed by atoms with Gasteiger partial charge in [-0.2, -0.15) is 0 Å². The van der Waals surface area contributed by atoms with Crippen LogP contribution in [0.15, 0.2) is 57.6 Å². The van der Waals surface area contributed by atoms with Crippen LogP contribution >= 0.6 is 11.3 Å². The summed E-state index contributed by atoms with van der Waals surface area (Å²) in [7, 11) is 0. The van der Waals surface area contributed by atoms with E-state index in [-0.39, 0.29) is 18.3 Å². The van der Waals surface area contributed by atoms with E-state index in [0.717, 1.165) is 4.88 Å². The lowest BCUT2D eigenvalue weighted by molar-refractivity contribution is 0.127. The van der Waals surface area contributed by atoms with Crippen LogP contribution < -0.4 is 5.73 Å². The van der Waals surface area contributed by atoms with Crippen LogP contribution in [-0.2, 0) is 11.4 Å². The van der Waals surface area contributed by atoms with Gasteiger partial charge >= 0.3 is 0 Å². The van der Waals surface area contributed by atoms with E-state index in [2.05, 4.69) is 10.1 Å². The molecule has 0 saturated carbocycles. The highest BCUT2D eigenvalue weighted by molar-refractivity contribution is 7.13. The topological polar surface area (TPSA) is 73.6 Å². The third-order valence-electron chi connectivity index (χ3n) is 2.80. The highest BCUT2D eigenvalue weighted by Crippen LogP contribution is 2.23. The maximum Gasteiger partial charge on any atom is 0.236 e. The summed E-state index contributed by atoms with van der Waals surface area (Å²) in [6, 6.07) is 9.52. The molecule has 0 amide bonds. The van der Waals surface area contributed by atoms with Crippen molar-refractivity contribution in [3.63, 3.8) is 0 Å². The molecule has 7 heteroatoms. The molecular formula is C15H12FN3O2S. The van der Waals surface area contributed by atoms with Crippen LogP contribution in [0.25, 0.3) is 10.8 Å². The first-order chi connectivity index (χ1) is 10.7. The molecule has 3 aromatic rings. The van der Waals surface area contributed by atoms with Crippen LogP contribution in [0.5, 0.6) is 0 Å². The largest absolute Gasteiger partial charge is 0.443 e. The van der Waals surface area contributed by atoms with Crippen molar-refractivity contribution in [1.29, 1.82) is 0 Å². The second-order valence-corrected chi connectivity index (χ2v) is 5.33. The lowest BCUT2D eigenvalue weighted by Crippen LogP contribution is -2.13. The van der Waals surface area contributed by atoms with Gasteiger partial charge in [-0.05, 0) is 35.7 Å². The molecule has 22 heavy (non-hydrogen) atoms. The number of benzene rings is 1. The Morgan fingerprint density at radius 1 is 1.32 bits per heavy atom. The predicted molar refractivity (Wildman–Crippen MR) is 81.7 cm³/mol. The van der Waals surface area contributed by atoms with Gasteiger partial charge in [-0.25, -0.2) is 9.37 Å². The Bertz CT molecular complexity index is 766. The minimum Gasteiger partial charge on any atom is -0.443 e. The maximum absolute atomic E-state index is 12.8. The average Bonchev–Trinajstić information content (AvgIpc) is 3.19. The van der Waals surface area contributed by atoms with E-state index < -0.39 is 0 Å². The van der Waals surface area contributed by atoms with Gasteiger partial charge in [0.05, 0.1) is 4.88 Å². The Morgan fingerprint density at radius 2 is 2.14 bits per heavy atom. The van der Waals surface area contributed by atoms with Gasteiger partial charge in [-0.3, -0.25) is 0 Å². The molecule has 2 N–H and O–H groups in total. The van der Waals surface area contributed by atoms with E-state index in [1.807, 2.05) is 17.5 Å². The lowest BCUT2D eigenvalue weighted by atomic mass is 10.2. The monoisotopic (exact) mass is 317 g/mol. The number of amidine groups is 1. The summed E-state index contributed by atoms with van der Waals surface area (Å²) in [5.74, 6) is 0.382. The summed E-state index contributed by atoms with van der Waals surface area (Å²) in [6.07, 6.45) is 1.51. The number of hydrogen-bond donors (Lipinski definition) is 1. The second-order valence-electron chi connectivity index (χ2n) is 4.38. The van der Waals surface area contributed by atoms with Crippen LogP contribution in [0.3, 0.4) is 0 Å². The number of aromatic nitrogens is 1. The standard InChI is InChI=1S/C15H12FN3O2S/c16-11-5-3-10(4-6-11)14(17)19-21-9-12-8-20-15(18-12)13-2-1-7-22-13/h1-8H,9H2,(H2,17,19). The van der Waals surface area contributed by atoms with Crippen molar-refractivity contribution >= 4 is 17.2 Å². The van der Waals surface area contributed by atoms with Crippen LogP contribution in [-0.4, -0.2) is 10.8 Å². The number of rotatable bonds is 5. The Morgan fingerprint density at radius 3 is 2.86 bits per heavy atom. The SMILES string of the molecule is N/C(=N\OCc1coc(-c2cccs2)n1)c1ccc(F)cc1. The number of halogens is 1. The van der Waals surface area contributed by atoms with Crippen LogP contribution in [0.1, 0.15) is 11.3 Å². The Balaban J connectivity index is 1.61. The molecule has 3 rings (SSSR count).